The number of para-hydroxylation sites is 1. The summed E-state index contributed by atoms with van der Waals surface area (Å²) < 4.78 is 0. The lowest BCUT2D eigenvalue weighted by atomic mass is 9.81. The van der Waals surface area contributed by atoms with Crippen LogP contribution in [0.2, 0.25) is 0 Å². The van der Waals surface area contributed by atoms with Crippen molar-refractivity contribution in [2.45, 2.75) is 52.7 Å². The van der Waals surface area contributed by atoms with Gasteiger partial charge in [-0.15, -0.1) is 0 Å². The van der Waals surface area contributed by atoms with Gasteiger partial charge in [0.05, 0.1) is 17.9 Å². The van der Waals surface area contributed by atoms with Crippen molar-refractivity contribution in [3.8, 4) is 11.1 Å². The van der Waals surface area contributed by atoms with Crippen LogP contribution in [0.4, 0.5) is 5.69 Å². The molecule has 0 saturated heterocycles. The maximum atomic E-state index is 14.7. The quantitative estimate of drug-likeness (QED) is 0.142. The Labute approximate surface area is 294 Å². The maximum Gasteiger partial charge on any atom is 0.272 e. The number of nitrogens with two attached hydrogens (primary N) is 1. The van der Waals surface area contributed by atoms with Gasteiger partial charge < -0.3 is 16.0 Å². The maximum absolute atomic E-state index is 14.7. The minimum atomic E-state index is -1.22. The molecule has 0 aromatic heterocycles. The van der Waals surface area contributed by atoms with Crippen LogP contribution in [0.5, 0.6) is 0 Å². The SMILES string of the molecule is CCC[C@H](C(N)=O)[C@@H](CC(C)C)C(=O)NC1N=C(c2ccccc2)c2ccccc2N(Cc2cccc(-c3ccc4ccccc4c3)c2)C1=O. The second-order valence-corrected chi connectivity index (χ2v) is 13.5. The van der Waals surface area contributed by atoms with E-state index in [2.05, 4.69) is 47.8 Å². The largest absolute Gasteiger partial charge is 0.369 e. The van der Waals surface area contributed by atoms with Crippen molar-refractivity contribution in [3.63, 3.8) is 0 Å². The van der Waals surface area contributed by atoms with Crippen LogP contribution in [0.25, 0.3) is 21.9 Å². The van der Waals surface area contributed by atoms with E-state index in [4.69, 9.17) is 10.7 Å². The van der Waals surface area contributed by atoms with E-state index >= 15 is 0 Å². The third kappa shape index (κ3) is 7.52. The molecule has 3 N–H and O–H groups in total. The average Bonchev–Trinajstić information content (AvgIpc) is 3.24. The lowest BCUT2D eigenvalue weighted by molar-refractivity contribution is -0.136. The molecule has 7 heteroatoms. The fraction of sp³-hybridized carbons (Fsp3) is 0.256. The summed E-state index contributed by atoms with van der Waals surface area (Å²) in [4.78, 5) is 48.2. The first kappa shape index (κ1) is 34.3. The molecule has 5 aromatic rings. The first-order valence-corrected chi connectivity index (χ1v) is 17.4. The van der Waals surface area contributed by atoms with E-state index < -0.39 is 29.8 Å². The molecule has 1 aliphatic heterocycles. The van der Waals surface area contributed by atoms with Crippen molar-refractivity contribution in [2.24, 2.45) is 28.5 Å². The van der Waals surface area contributed by atoms with Gasteiger partial charge in [0, 0.05) is 23.0 Å². The number of aliphatic imine (C=N–C) groups is 1. The summed E-state index contributed by atoms with van der Waals surface area (Å²) in [5.41, 5.74) is 11.8. The van der Waals surface area contributed by atoms with Gasteiger partial charge in [0.1, 0.15) is 0 Å². The van der Waals surface area contributed by atoms with Crippen LogP contribution in [-0.4, -0.2) is 29.6 Å². The van der Waals surface area contributed by atoms with E-state index in [9.17, 15) is 14.4 Å². The number of carbonyl (C=O) groups is 3. The van der Waals surface area contributed by atoms with Crippen molar-refractivity contribution >= 4 is 39.9 Å². The predicted molar refractivity (Wildman–Crippen MR) is 202 cm³/mol. The van der Waals surface area contributed by atoms with Crippen LogP contribution in [0, 0.1) is 17.8 Å². The molecule has 254 valence electrons. The molecule has 1 aliphatic rings. The number of nitrogens with one attached hydrogen (secondary N) is 1. The van der Waals surface area contributed by atoms with Gasteiger partial charge >= 0.3 is 0 Å². The van der Waals surface area contributed by atoms with E-state index in [0.717, 1.165) is 33.2 Å². The molecule has 1 heterocycles. The topological polar surface area (TPSA) is 105 Å². The lowest BCUT2D eigenvalue weighted by Crippen LogP contribution is -2.50. The summed E-state index contributed by atoms with van der Waals surface area (Å²) >= 11 is 0. The smallest absolute Gasteiger partial charge is 0.272 e. The highest BCUT2D eigenvalue weighted by Crippen LogP contribution is 2.32. The van der Waals surface area contributed by atoms with Gasteiger partial charge in [-0.1, -0.05) is 130 Å². The van der Waals surface area contributed by atoms with Crippen LogP contribution < -0.4 is 16.0 Å². The fourth-order valence-electron chi connectivity index (χ4n) is 6.97. The van der Waals surface area contributed by atoms with Gasteiger partial charge in [-0.25, -0.2) is 4.99 Å². The van der Waals surface area contributed by atoms with E-state index in [0.29, 0.717) is 30.7 Å². The molecule has 1 unspecified atom stereocenters. The molecular weight excluding hydrogens is 620 g/mol. The van der Waals surface area contributed by atoms with Gasteiger partial charge in [0.15, 0.2) is 0 Å². The molecule has 3 atom stereocenters. The number of hydrogen-bond acceptors (Lipinski definition) is 4. The van der Waals surface area contributed by atoms with Crippen molar-refractivity contribution in [2.75, 3.05) is 4.90 Å². The highest BCUT2D eigenvalue weighted by molar-refractivity contribution is 6.20. The van der Waals surface area contributed by atoms with Crippen LogP contribution in [-0.2, 0) is 20.9 Å². The fourth-order valence-corrected chi connectivity index (χ4v) is 6.97. The molecule has 0 radical (unpaired) electrons. The summed E-state index contributed by atoms with van der Waals surface area (Å²) in [6.45, 7) is 6.25. The second-order valence-electron chi connectivity index (χ2n) is 13.5. The minimum absolute atomic E-state index is 0.133. The molecule has 0 bridgehead atoms. The molecule has 3 amide bonds. The van der Waals surface area contributed by atoms with Crippen molar-refractivity contribution in [1.29, 1.82) is 0 Å². The Balaban J connectivity index is 1.40. The number of anilines is 1. The summed E-state index contributed by atoms with van der Waals surface area (Å²) in [6, 6.07) is 40.3. The zero-order valence-corrected chi connectivity index (χ0v) is 28.9. The highest BCUT2D eigenvalue weighted by atomic mass is 16.2. The van der Waals surface area contributed by atoms with E-state index in [1.807, 2.05) is 99.6 Å². The molecule has 6 rings (SSSR count). The normalized spacial score (nSPS) is 15.6. The van der Waals surface area contributed by atoms with Crippen LogP contribution in [0.15, 0.2) is 126 Å². The van der Waals surface area contributed by atoms with E-state index in [-0.39, 0.29) is 18.4 Å². The second kappa shape index (κ2) is 15.3. The molecule has 0 fully saturated rings. The molecule has 0 spiro atoms. The average molecular weight is 665 g/mol. The van der Waals surface area contributed by atoms with Gasteiger partial charge in [-0.05, 0) is 64.4 Å². The number of amides is 3. The number of hydrogen-bond donors (Lipinski definition) is 2. The lowest BCUT2D eigenvalue weighted by Gasteiger charge is -2.29. The number of nitrogens with zero attached hydrogens (tertiary/aromatic N) is 2. The van der Waals surface area contributed by atoms with Crippen LogP contribution in [0.1, 0.15) is 56.7 Å². The number of benzene rings is 5. The Morgan fingerprint density at radius 2 is 1.46 bits per heavy atom. The van der Waals surface area contributed by atoms with Gasteiger partial charge in [-0.2, -0.15) is 0 Å². The number of carbonyl (C=O) groups excluding carboxylic acids is 3. The van der Waals surface area contributed by atoms with E-state index in [1.165, 1.54) is 5.39 Å². The number of primary amides is 1. The van der Waals surface area contributed by atoms with Crippen molar-refractivity contribution < 1.29 is 14.4 Å². The third-order valence-corrected chi connectivity index (χ3v) is 9.40. The summed E-state index contributed by atoms with van der Waals surface area (Å²) in [7, 11) is 0. The number of benzodiazepines with no additional fused rings is 1. The number of rotatable bonds is 12. The summed E-state index contributed by atoms with van der Waals surface area (Å²) in [6.07, 6.45) is 0.428. The van der Waals surface area contributed by atoms with Gasteiger partial charge in [0.2, 0.25) is 18.0 Å². The Kier molecular flexibility index (Phi) is 10.5. The minimum Gasteiger partial charge on any atom is -0.369 e. The molecule has 5 aromatic carbocycles. The Morgan fingerprint density at radius 1 is 0.780 bits per heavy atom. The molecule has 0 aliphatic carbocycles. The first-order chi connectivity index (χ1) is 24.2. The predicted octanol–water partition coefficient (Wildman–Crippen LogP) is 7.90. The molecule has 7 nitrogen and oxygen atoms in total. The van der Waals surface area contributed by atoms with Gasteiger partial charge in [0.25, 0.3) is 5.91 Å². The van der Waals surface area contributed by atoms with Gasteiger partial charge in [-0.3, -0.25) is 14.4 Å². The Bertz CT molecular complexity index is 2040. The van der Waals surface area contributed by atoms with Crippen molar-refractivity contribution in [1.82, 2.24) is 5.32 Å². The van der Waals surface area contributed by atoms with E-state index in [1.54, 1.807) is 4.90 Å². The third-order valence-electron chi connectivity index (χ3n) is 9.40. The first-order valence-electron chi connectivity index (χ1n) is 17.4. The zero-order valence-electron chi connectivity index (χ0n) is 28.9. The Hall–Kier alpha value is -5.56. The Morgan fingerprint density at radius 3 is 2.20 bits per heavy atom. The number of fused-ring (bicyclic) bond motifs is 2. The summed E-state index contributed by atoms with van der Waals surface area (Å²) in [5, 5.41) is 5.32. The highest BCUT2D eigenvalue weighted by Gasteiger charge is 2.37. The molecule has 0 saturated carbocycles. The monoisotopic (exact) mass is 664 g/mol. The molecular formula is C43H44N4O3. The van der Waals surface area contributed by atoms with Crippen LogP contribution in [0.3, 0.4) is 0 Å². The molecule has 50 heavy (non-hydrogen) atoms. The van der Waals surface area contributed by atoms with Crippen molar-refractivity contribution in [3.05, 3.63) is 138 Å². The standard InChI is InChI=1S/C43H44N4O3/c1-4-13-35(40(44)48)37(24-28(2)3)42(49)46-41-43(50)47(38-21-11-10-20-36(38)39(45-41)31-16-6-5-7-17-31)27-29-14-12-19-32(25-29)34-23-22-30-15-8-9-18-33(30)26-34/h5-12,14-23,25-26,28,35,37,41H,4,13,24,27H2,1-3H3,(H2,44,48)(H,46,49)/t35-,37+,41?/m0/s1. The zero-order chi connectivity index (χ0) is 35.2. The van der Waals surface area contributed by atoms with Crippen LogP contribution >= 0.6 is 0 Å². The summed E-state index contributed by atoms with van der Waals surface area (Å²) in [5.74, 6) is -2.46.